The highest BCUT2D eigenvalue weighted by Crippen LogP contribution is 2.49. The Morgan fingerprint density at radius 2 is 1.38 bits per heavy atom. The molecule has 12 nitrogen and oxygen atoms in total. The van der Waals surface area contributed by atoms with Gasteiger partial charge < -0.3 is 34.0 Å². The van der Waals surface area contributed by atoms with Crippen LogP contribution in [0.15, 0.2) is 117 Å². The minimum Gasteiger partial charge on any atom is -0.744 e. The molecular formula is C50H69N6O6S2+. The number of nitrogens with one attached hydrogen (secondary N) is 1. The van der Waals surface area contributed by atoms with Crippen LogP contribution in [-0.4, -0.2) is 120 Å². The van der Waals surface area contributed by atoms with E-state index in [1.54, 1.807) is 24.3 Å². The Bertz CT molecular complexity index is 2640. The summed E-state index contributed by atoms with van der Waals surface area (Å²) < 4.78 is 77.2. The molecule has 0 radical (unpaired) electrons. The number of rotatable bonds is 17. The number of anilines is 2. The topological polar surface area (TPSA) is 159 Å². The lowest BCUT2D eigenvalue weighted by molar-refractivity contribution is -0.871. The summed E-state index contributed by atoms with van der Waals surface area (Å²) in [4.78, 5) is 1.83. The third-order valence-corrected chi connectivity index (χ3v) is 14.5. The number of hydrogen-bond donors (Lipinski definition) is 2. The molecule has 0 spiro atoms. The Kier molecular flexibility index (Phi) is 14.1. The second kappa shape index (κ2) is 18.5. The molecule has 3 aromatic rings. The zero-order chi connectivity index (χ0) is 47.0. The predicted molar refractivity (Wildman–Crippen MR) is 256 cm³/mol. The molecule has 0 fully saturated rings. The van der Waals surface area contributed by atoms with E-state index in [0.29, 0.717) is 6.54 Å². The maximum absolute atomic E-state index is 12.2. The summed E-state index contributed by atoms with van der Waals surface area (Å²) in [5.41, 5.74) is 15.5. The van der Waals surface area contributed by atoms with E-state index in [9.17, 15) is 25.9 Å². The van der Waals surface area contributed by atoms with E-state index in [0.717, 1.165) is 136 Å². The van der Waals surface area contributed by atoms with Gasteiger partial charge in [0, 0.05) is 58.9 Å². The molecule has 6 rings (SSSR count). The Morgan fingerprint density at radius 3 is 1.98 bits per heavy atom. The van der Waals surface area contributed by atoms with Gasteiger partial charge in [-0.1, -0.05) is 38.1 Å². The Labute approximate surface area is 382 Å². The van der Waals surface area contributed by atoms with Gasteiger partial charge in [0.15, 0.2) is 12.3 Å². The van der Waals surface area contributed by atoms with E-state index in [-0.39, 0.29) is 9.79 Å². The highest BCUT2D eigenvalue weighted by atomic mass is 32.2. The van der Waals surface area contributed by atoms with Crippen molar-refractivity contribution in [2.45, 2.75) is 86.8 Å². The van der Waals surface area contributed by atoms with Crippen LogP contribution >= 0.6 is 0 Å². The van der Waals surface area contributed by atoms with Crippen molar-refractivity contribution in [1.29, 1.82) is 0 Å². The first-order chi connectivity index (χ1) is 29.7. The maximum atomic E-state index is 12.2. The molecule has 2 aliphatic heterocycles. The lowest BCUT2D eigenvalue weighted by Crippen LogP contribution is -2.37. The summed E-state index contributed by atoms with van der Waals surface area (Å²) in [5.74, 6) is 0. The third-order valence-electron chi connectivity index (χ3n) is 12.8. The molecule has 64 heavy (non-hydrogen) atoms. The third kappa shape index (κ3) is 11.2. The van der Waals surface area contributed by atoms with Crippen molar-refractivity contribution in [2.24, 2.45) is 5.73 Å². The van der Waals surface area contributed by atoms with Crippen LogP contribution in [0.2, 0.25) is 0 Å². The molecule has 0 saturated heterocycles. The zero-order valence-electron chi connectivity index (χ0n) is 39.5. The van der Waals surface area contributed by atoms with Crippen molar-refractivity contribution >= 4 is 43.0 Å². The Morgan fingerprint density at radius 1 is 0.766 bits per heavy atom. The molecule has 0 aromatic heterocycles. The molecular weight excluding hydrogens is 845 g/mol. The first kappa shape index (κ1) is 49.0. The van der Waals surface area contributed by atoms with Crippen molar-refractivity contribution in [2.75, 3.05) is 85.2 Å². The maximum Gasteiger partial charge on any atom is 0.209 e. The summed E-state index contributed by atoms with van der Waals surface area (Å²) in [5, 5.41) is 3.81. The summed E-state index contributed by atoms with van der Waals surface area (Å²) >= 11 is 0. The number of nitrogens with zero attached hydrogens (tertiary/aromatic N) is 4. The van der Waals surface area contributed by atoms with E-state index >= 15 is 0 Å². The number of hydrogen-bond acceptors (Lipinski definition) is 9. The first-order valence-electron chi connectivity index (χ1n) is 22.3. The standard InChI is InChI=1S/C50H68N6O6S2/c1-49(2)42-34-40(63(57,58)59)22-24-44(42)53(30-12-32-55(5,6)7)46(49)26-18-37-14-11-15-38(48(37)52-39-20-16-36(17-21-39)28-29-51)19-27-47-50(3,4)43-35-41(64(60,61)62)23-25-45(43)54(47)31-13-33-56(8,9)10/h16-27,34-35H,11-15,28-33,51H2,1-10H3/p+1/b37-18+,46-26+. The molecule has 0 saturated carbocycles. The van der Waals surface area contributed by atoms with Crippen molar-refractivity contribution < 1.29 is 39.5 Å². The van der Waals surface area contributed by atoms with Gasteiger partial charge in [0.05, 0.1) is 77.0 Å². The van der Waals surface area contributed by atoms with Crippen LogP contribution in [-0.2, 0) is 37.5 Å². The monoisotopic (exact) mass is 913 g/mol. The number of allylic oxidation sites excluding steroid dienone is 7. The normalized spacial score (nSPS) is 19.0. The fourth-order valence-electron chi connectivity index (χ4n) is 9.35. The highest BCUT2D eigenvalue weighted by Gasteiger charge is 2.45. The fraction of sp³-hybridized carbons (Fsp3) is 0.460. The fourth-order valence-corrected chi connectivity index (χ4v) is 10.3. The summed E-state index contributed by atoms with van der Waals surface area (Å²) in [6, 6.07) is 17.9. The van der Waals surface area contributed by atoms with Crippen molar-refractivity contribution in [3.05, 3.63) is 124 Å². The summed E-state index contributed by atoms with van der Waals surface area (Å²) in [6.07, 6.45) is 13.9. The lowest BCUT2D eigenvalue weighted by atomic mass is 9.81. The van der Waals surface area contributed by atoms with Crippen molar-refractivity contribution in [3.63, 3.8) is 0 Å². The Balaban J connectivity index is 1.48. The molecule has 346 valence electrons. The van der Waals surface area contributed by atoms with Gasteiger partial charge in [-0.2, -0.15) is 4.58 Å². The molecule has 3 N–H and O–H groups in total. The van der Waals surface area contributed by atoms with Crippen LogP contribution in [0.25, 0.3) is 0 Å². The van der Waals surface area contributed by atoms with Crippen LogP contribution < -0.4 is 16.0 Å². The molecule has 0 unspecified atom stereocenters. The molecule has 0 bridgehead atoms. The summed E-state index contributed by atoms with van der Waals surface area (Å²) in [6.45, 7) is 12.2. The van der Waals surface area contributed by atoms with Gasteiger partial charge in [-0.05, 0) is 117 Å². The van der Waals surface area contributed by atoms with Gasteiger partial charge in [0.1, 0.15) is 20.2 Å². The minimum absolute atomic E-state index is 0.227. The van der Waals surface area contributed by atoms with Crippen LogP contribution in [0.5, 0.6) is 0 Å². The predicted octanol–water partition coefficient (Wildman–Crippen LogP) is 7.28. The van der Waals surface area contributed by atoms with E-state index in [1.807, 2.05) is 0 Å². The van der Waals surface area contributed by atoms with Crippen molar-refractivity contribution in [3.8, 4) is 0 Å². The second-order valence-electron chi connectivity index (χ2n) is 20.6. The van der Waals surface area contributed by atoms with Gasteiger partial charge in [-0.15, -0.1) is 0 Å². The average molecular weight is 914 g/mol. The molecule has 0 amide bonds. The van der Waals surface area contributed by atoms with E-state index in [1.165, 1.54) is 12.1 Å². The molecule has 1 aliphatic carbocycles. The van der Waals surface area contributed by atoms with Crippen LogP contribution in [0.1, 0.15) is 76.5 Å². The first-order valence-corrected chi connectivity index (χ1v) is 25.2. The molecule has 2 heterocycles. The zero-order valence-corrected chi connectivity index (χ0v) is 41.1. The molecule has 0 atom stereocenters. The van der Waals surface area contributed by atoms with Crippen LogP contribution in [0.4, 0.5) is 17.1 Å². The van der Waals surface area contributed by atoms with E-state index in [2.05, 4.69) is 133 Å². The van der Waals surface area contributed by atoms with Gasteiger partial charge in [-0.3, -0.25) is 0 Å². The SMILES string of the molecule is CC1(C)C(/C=C/C2=C(Nc3ccc(CCN)cc3)C(=C/C=C3/N(CCC[N+](C)(C)C)c4ccc(S(=O)(=O)[O-])cc4C3(C)C)/CCC2)=[N+](CCC[N+](C)(C)C)c2ccc(S(=O)(=O)[O-])cc21. The quantitative estimate of drug-likeness (QED) is 0.0807. The largest absolute Gasteiger partial charge is 0.744 e. The van der Waals surface area contributed by atoms with Gasteiger partial charge in [-0.25, -0.2) is 16.8 Å². The highest BCUT2D eigenvalue weighted by molar-refractivity contribution is 7.86. The van der Waals surface area contributed by atoms with Crippen LogP contribution in [0.3, 0.4) is 0 Å². The number of quaternary nitrogens is 2. The van der Waals surface area contributed by atoms with E-state index in [4.69, 9.17) is 5.73 Å². The molecule has 3 aliphatic rings. The van der Waals surface area contributed by atoms with Crippen molar-refractivity contribution in [1.82, 2.24) is 0 Å². The average Bonchev–Trinajstić information content (AvgIpc) is 3.53. The van der Waals surface area contributed by atoms with Gasteiger partial charge >= 0.3 is 0 Å². The lowest BCUT2D eigenvalue weighted by Gasteiger charge is -2.29. The number of nitrogens with two attached hydrogens (primary N) is 1. The smallest absolute Gasteiger partial charge is 0.209 e. The van der Waals surface area contributed by atoms with Gasteiger partial charge in [0.2, 0.25) is 5.69 Å². The van der Waals surface area contributed by atoms with E-state index < -0.39 is 31.1 Å². The molecule has 3 aromatic carbocycles. The Hall–Kier alpha value is -4.41. The second-order valence-corrected chi connectivity index (χ2v) is 23.4. The van der Waals surface area contributed by atoms with Gasteiger partial charge in [0.25, 0.3) is 0 Å². The number of benzene rings is 3. The minimum atomic E-state index is -4.65. The number of fused-ring (bicyclic) bond motifs is 2. The van der Waals surface area contributed by atoms with Crippen LogP contribution in [0, 0.1) is 0 Å². The summed E-state index contributed by atoms with van der Waals surface area (Å²) in [7, 11) is 3.71. The molecule has 14 heteroatoms.